The van der Waals surface area contributed by atoms with Gasteiger partial charge in [0, 0.05) is 86.6 Å². The summed E-state index contributed by atoms with van der Waals surface area (Å²) in [6.45, 7) is 12.6. The van der Waals surface area contributed by atoms with Gasteiger partial charge in [-0.25, -0.2) is 19.8 Å². The van der Waals surface area contributed by atoms with Crippen LogP contribution in [-0.4, -0.2) is 28.6 Å². The number of aromatic nitrogens is 6. The fourth-order valence-corrected chi connectivity index (χ4v) is 11.3. The second kappa shape index (κ2) is 26.1. The molecule has 13 rings (SSSR count). The molecule has 0 saturated carbocycles. The van der Waals surface area contributed by atoms with Crippen LogP contribution in [0.1, 0.15) is 43.3 Å². The number of rotatable bonds is 7. The molecule has 5 heterocycles. The Bertz CT molecular complexity index is 3940. The molecule has 9 nitrogen and oxygen atoms in total. The molecule has 13 heteroatoms. The van der Waals surface area contributed by atoms with Gasteiger partial charge in [0.2, 0.25) is 9.84 Å². The Kier molecular flexibility index (Phi) is 19.1. The van der Waals surface area contributed by atoms with Gasteiger partial charge in [-0.15, -0.1) is 115 Å². The van der Waals surface area contributed by atoms with Crippen molar-refractivity contribution in [3.8, 4) is 89.0 Å². The van der Waals surface area contributed by atoms with Crippen LogP contribution < -0.4 is 10.2 Å². The van der Waals surface area contributed by atoms with Crippen molar-refractivity contribution in [1.82, 2.24) is 30.4 Å². The van der Waals surface area contributed by atoms with Crippen molar-refractivity contribution in [3.05, 3.63) is 253 Å². The molecule has 0 fully saturated rings. The number of nitrogens with zero attached hydrogens (tertiary/aromatic N) is 6. The zero-order valence-electron chi connectivity index (χ0n) is 44.5. The molecule has 406 valence electrons. The van der Waals surface area contributed by atoms with Crippen LogP contribution in [0.4, 0.5) is 0 Å². The van der Waals surface area contributed by atoms with Gasteiger partial charge in [0.25, 0.3) is 0 Å². The van der Waals surface area contributed by atoms with Crippen molar-refractivity contribution >= 4 is 21.2 Å². The molecule has 0 radical (unpaired) electrons. The summed E-state index contributed by atoms with van der Waals surface area (Å²) in [5.41, 5.74) is 18.1. The second-order valence-electron chi connectivity index (χ2n) is 19.5. The van der Waals surface area contributed by atoms with E-state index in [-0.39, 0.29) is 47.5 Å². The monoisotopic (exact) mass is 1440 g/mol. The predicted octanol–water partition coefficient (Wildman–Crippen LogP) is 15.8. The van der Waals surface area contributed by atoms with Gasteiger partial charge in [-0.2, -0.15) is 22.5 Å². The van der Waals surface area contributed by atoms with E-state index in [0.717, 1.165) is 72.3 Å². The molecule has 0 N–H and O–H groups in total. The standard InChI is InChI=1S/C25H20N2O2S.C24H20N2.C9H6NO.C9H6NS.2Pt/c1-25(2,3)24-15-21(26-27-24)17-10-8-16(9-11-17)18-12-13-20-19-6-4-5-7-22(19)30(28,29)23(20)14-18;1-16-13-22(19-7-5-4-6-8-19)14-17(2)24(16)21-11-9-20(10-12-21)23-15-18(3)25-26-23;2*1-2-4-8(5-3-1)9-10-6-7-11-9;;/h4-10,12-15H,1-3H3;4-9,11-15H,1-3H3;2*1-4,6-7H;;/q2*-2;2*-1;;. The Hall–Kier alpha value is -7.65. The number of sulfone groups is 1. The van der Waals surface area contributed by atoms with Crippen molar-refractivity contribution in [2.24, 2.45) is 0 Å². The van der Waals surface area contributed by atoms with Gasteiger partial charge < -0.3 is 24.8 Å². The molecular weight excluding hydrogens is 1390 g/mol. The van der Waals surface area contributed by atoms with Gasteiger partial charge in [-0.05, 0) is 44.0 Å². The molecule has 1 aliphatic heterocycles. The van der Waals surface area contributed by atoms with Gasteiger partial charge in [-0.1, -0.05) is 145 Å². The van der Waals surface area contributed by atoms with Crippen LogP contribution in [0.5, 0.6) is 0 Å². The Morgan fingerprint density at radius 2 is 1.14 bits per heavy atom. The number of fused-ring (bicyclic) bond motifs is 3. The topological polar surface area (TPSA) is 127 Å². The average Bonchev–Trinajstić information content (AvgIpc) is 4.36. The maximum Gasteiger partial charge on any atom is 0.207 e. The molecule has 1 aliphatic rings. The minimum Gasteiger partial charge on any atom is -0.619 e. The van der Waals surface area contributed by atoms with Crippen LogP contribution in [0, 0.1) is 45.0 Å². The van der Waals surface area contributed by atoms with E-state index in [1.54, 1.807) is 48.2 Å². The number of hydrogen-bond donors (Lipinski definition) is 0. The molecule has 0 atom stereocenters. The first kappa shape index (κ1) is 58.5. The first-order valence-electron chi connectivity index (χ1n) is 25.2. The number of aryl methyl sites for hydroxylation is 3. The molecule has 0 spiro atoms. The first-order valence-corrected chi connectivity index (χ1v) is 27.6. The van der Waals surface area contributed by atoms with Crippen molar-refractivity contribution in [2.45, 2.75) is 56.7 Å². The number of benzene rings is 8. The van der Waals surface area contributed by atoms with Crippen LogP contribution in [0.2, 0.25) is 0 Å². The summed E-state index contributed by atoms with van der Waals surface area (Å²) < 4.78 is 31.0. The molecule has 0 unspecified atom stereocenters. The zero-order valence-corrected chi connectivity index (χ0v) is 50.7. The number of thiazole rings is 1. The summed E-state index contributed by atoms with van der Waals surface area (Å²) in [5, 5.41) is 19.8. The van der Waals surface area contributed by atoms with Gasteiger partial charge >= 0.3 is 0 Å². The van der Waals surface area contributed by atoms with Gasteiger partial charge in [0.05, 0.1) is 22.3 Å². The smallest absolute Gasteiger partial charge is 0.207 e. The summed E-state index contributed by atoms with van der Waals surface area (Å²) in [7, 11) is -3.49. The van der Waals surface area contributed by atoms with Gasteiger partial charge in [0.15, 0.2) is 0 Å². The van der Waals surface area contributed by atoms with E-state index in [1.165, 1.54) is 33.4 Å². The van der Waals surface area contributed by atoms with Crippen LogP contribution in [-0.2, 0) is 57.4 Å². The fourth-order valence-electron chi connectivity index (χ4n) is 8.99. The third-order valence-corrected chi connectivity index (χ3v) is 15.5. The first-order chi connectivity index (χ1) is 37.8. The summed E-state index contributed by atoms with van der Waals surface area (Å²) in [4.78, 5) is 8.90. The largest absolute Gasteiger partial charge is 0.619 e. The molecular formula is C67H52N6O3Pt2S2-6. The average molecular weight is 1440 g/mol. The summed E-state index contributed by atoms with van der Waals surface area (Å²) in [6.07, 6.45) is 4.98. The van der Waals surface area contributed by atoms with E-state index < -0.39 is 9.84 Å². The van der Waals surface area contributed by atoms with E-state index >= 15 is 0 Å². The van der Waals surface area contributed by atoms with E-state index in [2.05, 4.69) is 144 Å². The number of hydrogen-bond acceptors (Lipinski definition) is 8. The third-order valence-electron chi connectivity index (χ3n) is 12.9. The summed E-state index contributed by atoms with van der Waals surface area (Å²) >= 11 is 1.63. The fraction of sp³-hybridized carbons (Fsp3) is 0.104. The maximum atomic E-state index is 13.0. The van der Waals surface area contributed by atoms with Crippen LogP contribution in [0.15, 0.2) is 220 Å². The van der Waals surface area contributed by atoms with Crippen molar-refractivity contribution in [2.75, 3.05) is 0 Å². The minimum atomic E-state index is -3.49. The Morgan fingerprint density at radius 1 is 0.525 bits per heavy atom. The van der Waals surface area contributed by atoms with Crippen molar-refractivity contribution in [3.63, 3.8) is 0 Å². The van der Waals surface area contributed by atoms with Gasteiger partial charge in [0.1, 0.15) is 5.89 Å². The molecule has 0 bridgehead atoms. The molecule has 8 aromatic carbocycles. The Morgan fingerprint density at radius 3 is 1.71 bits per heavy atom. The zero-order chi connectivity index (χ0) is 54.2. The van der Waals surface area contributed by atoms with Crippen molar-refractivity contribution in [1.29, 1.82) is 0 Å². The summed E-state index contributed by atoms with van der Waals surface area (Å²) in [5.74, 6) is 0.616. The van der Waals surface area contributed by atoms with Gasteiger partial charge in [-0.3, -0.25) is 9.97 Å². The van der Waals surface area contributed by atoms with E-state index in [0.29, 0.717) is 15.7 Å². The molecule has 80 heavy (non-hydrogen) atoms. The van der Waals surface area contributed by atoms with Crippen LogP contribution >= 0.6 is 11.3 Å². The van der Waals surface area contributed by atoms with Crippen molar-refractivity contribution < 1.29 is 55.0 Å². The Labute approximate surface area is 501 Å². The predicted molar refractivity (Wildman–Crippen MR) is 311 cm³/mol. The molecule has 4 aromatic heterocycles. The number of oxazole rings is 1. The Balaban J connectivity index is 0.000000151. The third kappa shape index (κ3) is 13.5. The van der Waals surface area contributed by atoms with E-state index in [1.807, 2.05) is 121 Å². The van der Waals surface area contributed by atoms with E-state index in [4.69, 9.17) is 4.42 Å². The van der Waals surface area contributed by atoms with Crippen LogP contribution in [0.25, 0.3) is 89.0 Å². The normalized spacial score (nSPS) is 11.6. The molecule has 0 saturated heterocycles. The second-order valence-corrected chi connectivity index (χ2v) is 22.3. The molecule has 0 amide bonds. The maximum absolute atomic E-state index is 13.0. The molecule has 12 aromatic rings. The summed E-state index contributed by atoms with van der Waals surface area (Å²) in [6, 6.07) is 72.0. The quantitative estimate of drug-likeness (QED) is 0.143. The molecule has 0 aliphatic carbocycles. The van der Waals surface area contributed by atoms with Crippen LogP contribution in [0.3, 0.4) is 0 Å². The minimum absolute atomic E-state index is 0. The van der Waals surface area contributed by atoms with E-state index in [9.17, 15) is 8.42 Å². The SMILES string of the molecule is CC(C)(C)c1cc(-c2[c-]cc(-c3ccc4c(c3)S(=O)(=O)c3ccccc3-4)cc2)[n-]n1.Cc1cc(-c2[c-]cc(-c3c(C)cc(-c4ccccc4)cc3C)cc2)[n-]n1.[Pt].[Pt].[c-]1ccccc1-c1ncco1.[c-]1ccccc1-c1nccs1.